The third-order valence-corrected chi connectivity index (χ3v) is 3.08. The summed E-state index contributed by atoms with van der Waals surface area (Å²) in [6, 6.07) is 8.93. The quantitative estimate of drug-likeness (QED) is 0.892. The molecule has 0 aliphatic heterocycles. The van der Waals surface area contributed by atoms with Gasteiger partial charge in [0.15, 0.2) is 5.82 Å². The summed E-state index contributed by atoms with van der Waals surface area (Å²) in [5.41, 5.74) is 7.08. The molecule has 0 unspecified atom stereocenters. The Morgan fingerprint density at radius 3 is 2.85 bits per heavy atom. The Kier molecular flexibility index (Phi) is 4.50. The van der Waals surface area contributed by atoms with Crippen LogP contribution >= 0.6 is 15.9 Å². The van der Waals surface area contributed by atoms with Crippen molar-refractivity contribution in [2.75, 3.05) is 18.2 Å². The standard InChI is InChI=1S/C13H12BrN5O/c1-20-7-13-18-11(16)5-12(19-13)17-10-3-2-8(6-15)4-9(10)14/h2-5H,7H2,1H3,(H3,16,17,18,19). The van der Waals surface area contributed by atoms with Crippen LogP contribution in [0, 0.1) is 11.3 Å². The average Bonchev–Trinajstić information content (AvgIpc) is 2.41. The highest BCUT2D eigenvalue weighted by Gasteiger charge is 2.06. The number of nitrogen functional groups attached to an aromatic ring is 1. The zero-order valence-electron chi connectivity index (χ0n) is 10.7. The Morgan fingerprint density at radius 1 is 1.40 bits per heavy atom. The van der Waals surface area contributed by atoms with Gasteiger partial charge in [-0.05, 0) is 34.1 Å². The van der Waals surface area contributed by atoms with Crippen LogP contribution in [0.4, 0.5) is 17.3 Å². The number of anilines is 3. The van der Waals surface area contributed by atoms with Crippen molar-refractivity contribution in [2.45, 2.75) is 6.61 Å². The summed E-state index contributed by atoms with van der Waals surface area (Å²) in [6.45, 7) is 0.286. The van der Waals surface area contributed by atoms with Gasteiger partial charge in [0.1, 0.15) is 18.2 Å². The van der Waals surface area contributed by atoms with Gasteiger partial charge in [-0.1, -0.05) is 0 Å². The predicted molar refractivity (Wildman–Crippen MR) is 79.3 cm³/mol. The van der Waals surface area contributed by atoms with Crippen LogP contribution in [-0.2, 0) is 11.3 Å². The van der Waals surface area contributed by atoms with Crippen LogP contribution in [0.15, 0.2) is 28.7 Å². The van der Waals surface area contributed by atoms with Crippen molar-refractivity contribution in [1.29, 1.82) is 5.26 Å². The number of hydrogen-bond donors (Lipinski definition) is 2. The Bertz CT molecular complexity index is 668. The van der Waals surface area contributed by atoms with Crippen molar-refractivity contribution in [3.8, 4) is 6.07 Å². The number of nitrogens with one attached hydrogen (secondary N) is 1. The molecule has 0 radical (unpaired) electrons. The molecule has 20 heavy (non-hydrogen) atoms. The molecule has 3 N–H and O–H groups in total. The molecule has 0 atom stereocenters. The van der Waals surface area contributed by atoms with Crippen molar-refractivity contribution in [2.24, 2.45) is 0 Å². The van der Waals surface area contributed by atoms with Crippen LogP contribution in [-0.4, -0.2) is 17.1 Å². The first-order chi connectivity index (χ1) is 9.62. The highest BCUT2D eigenvalue weighted by molar-refractivity contribution is 9.10. The lowest BCUT2D eigenvalue weighted by Crippen LogP contribution is -2.04. The van der Waals surface area contributed by atoms with Crippen LogP contribution in [0.5, 0.6) is 0 Å². The maximum Gasteiger partial charge on any atom is 0.158 e. The van der Waals surface area contributed by atoms with Crippen molar-refractivity contribution in [1.82, 2.24) is 9.97 Å². The second-order valence-electron chi connectivity index (χ2n) is 3.96. The zero-order chi connectivity index (χ0) is 14.5. The Balaban J connectivity index is 2.28. The van der Waals surface area contributed by atoms with Crippen molar-refractivity contribution >= 4 is 33.3 Å². The fraction of sp³-hybridized carbons (Fsp3) is 0.154. The molecule has 1 heterocycles. The molecule has 1 aromatic heterocycles. The van der Waals surface area contributed by atoms with Gasteiger partial charge in [0.25, 0.3) is 0 Å². The van der Waals surface area contributed by atoms with Gasteiger partial charge in [-0.15, -0.1) is 0 Å². The number of halogens is 1. The number of nitriles is 1. The summed E-state index contributed by atoms with van der Waals surface area (Å²) < 4.78 is 5.75. The van der Waals surface area contributed by atoms with Gasteiger partial charge in [0, 0.05) is 17.6 Å². The van der Waals surface area contributed by atoms with Crippen molar-refractivity contribution in [3.05, 3.63) is 40.1 Å². The normalized spacial score (nSPS) is 10.1. The van der Waals surface area contributed by atoms with E-state index in [1.807, 2.05) is 0 Å². The van der Waals surface area contributed by atoms with Gasteiger partial charge in [0.05, 0.1) is 17.3 Å². The summed E-state index contributed by atoms with van der Waals surface area (Å²) in [6.07, 6.45) is 0. The minimum atomic E-state index is 0.286. The van der Waals surface area contributed by atoms with E-state index in [4.69, 9.17) is 15.7 Å². The summed E-state index contributed by atoms with van der Waals surface area (Å²) in [5, 5.41) is 12.0. The van der Waals surface area contributed by atoms with Crippen LogP contribution in [0.25, 0.3) is 0 Å². The first-order valence-electron chi connectivity index (χ1n) is 5.71. The molecule has 0 bridgehead atoms. The lowest BCUT2D eigenvalue weighted by atomic mass is 10.2. The average molecular weight is 334 g/mol. The molecule has 2 aromatic rings. The molecule has 0 aliphatic carbocycles. The molecule has 0 aliphatic rings. The Hall–Kier alpha value is -2.17. The number of nitrogens with zero attached hydrogens (tertiary/aromatic N) is 3. The topological polar surface area (TPSA) is 96.9 Å². The molecule has 0 fully saturated rings. The van der Waals surface area contributed by atoms with E-state index in [9.17, 15) is 0 Å². The summed E-state index contributed by atoms with van der Waals surface area (Å²) in [5.74, 6) is 1.43. The molecule has 1 aromatic carbocycles. The molecular weight excluding hydrogens is 322 g/mol. The van der Waals surface area contributed by atoms with Crippen LogP contribution in [0.2, 0.25) is 0 Å². The molecule has 0 saturated carbocycles. The van der Waals surface area contributed by atoms with Gasteiger partial charge in [-0.25, -0.2) is 9.97 Å². The van der Waals surface area contributed by atoms with E-state index in [-0.39, 0.29) is 6.61 Å². The number of rotatable bonds is 4. The van der Waals surface area contributed by atoms with E-state index in [1.54, 1.807) is 31.4 Å². The lowest BCUT2D eigenvalue weighted by Gasteiger charge is -2.10. The third kappa shape index (κ3) is 3.44. The summed E-state index contributed by atoms with van der Waals surface area (Å²) >= 11 is 3.40. The number of benzene rings is 1. The van der Waals surface area contributed by atoms with E-state index in [0.29, 0.717) is 23.0 Å². The highest BCUT2D eigenvalue weighted by atomic mass is 79.9. The molecule has 0 spiro atoms. The minimum absolute atomic E-state index is 0.286. The zero-order valence-corrected chi connectivity index (χ0v) is 12.3. The molecule has 102 valence electrons. The maximum absolute atomic E-state index is 8.83. The van der Waals surface area contributed by atoms with Gasteiger partial charge < -0.3 is 15.8 Å². The number of ether oxygens (including phenoxy) is 1. The largest absolute Gasteiger partial charge is 0.384 e. The summed E-state index contributed by atoms with van der Waals surface area (Å²) in [4.78, 5) is 8.35. The first kappa shape index (κ1) is 14.2. The summed E-state index contributed by atoms with van der Waals surface area (Å²) in [7, 11) is 1.57. The van der Waals surface area contributed by atoms with Crippen molar-refractivity contribution < 1.29 is 4.74 Å². The van der Waals surface area contributed by atoms with E-state index < -0.39 is 0 Å². The SMILES string of the molecule is COCc1nc(N)cc(Nc2ccc(C#N)cc2Br)n1. The highest BCUT2D eigenvalue weighted by Crippen LogP contribution is 2.26. The van der Waals surface area contributed by atoms with E-state index in [0.717, 1.165) is 10.2 Å². The number of hydrogen-bond acceptors (Lipinski definition) is 6. The molecule has 0 saturated heterocycles. The van der Waals surface area contributed by atoms with Gasteiger partial charge in [-0.3, -0.25) is 0 Å². The third-order valence-electron chi connectivity index (χ3n) is 2.43. The van der Waals surface area contributed by atoms with E-state index in [1.165, 1.54) is 0 Å². The number of nitrogens with two attached hydrogens (primary N) is 1. The van der Waals surface area contributed by atoms with Crippen LogP contribution in [0.3, 0.4) is 0 Å². The molecule has 7 heteroatoms. The van der Waals surface area contributed by atoms with Crippen LogP contribution in [0.1, 0.15) is 11.4 Å². The fourth-order valence-corrected chi connectivity index (χ4v) is 2.08. The maximum atomic E-state index is 8.83. The molecule has 6 nitrogen and oxygen atoms in total. The minimum Gasteiger partial charge on any atom is -0.384 e. The second kappa shape index (κ2) is 6.32. The monoisotopic (exact) mass is 333 g/mol. The molecular formula is C13H12BrN5O. The lowest BCUT2D eigenvalue weighted by molar-refractivity contribution is 0.178. The van der Waals surface area contributed by atoms with Gasteiger partial charge in [-0.2, -0.15) is 5.26 Å². The predicted octanol–water partition coefficient (Wildman–Crippen LogP) is 2.58. The number of methoxy groups -OCH3 is 1. The van der Waals surface area contributed by atoms with E-state index >= 15 is 0 Å². The number of aromatic nitrogens is 2. The fourth-order valence-electron chi connectivity index (χ4n) is 1.60. The molecule has 2 rings (SSSR count). The smallest absolute Gasteiger partial charge is 0.158 e. The van der Waals surface area contributed by atoms with Crippen molar-refractivity contribution in [3.63, 3.8) is 0 Å². The van der Waals surface area contributed by atoms with Gasteiger partial charge in [0.2, 0.25) is 0 Å². The Morgan fingerprint density at radius 2 is 2.20 bits per heavy atom. The second-order valence-corrected chi connectivity index (χ2v) is 4.81. The Labute approximate surface area is 124 Å². The van der Waals surface area contributed by atoms with Crippen LogP contribution < -0.4 is 11.1 Å². The first-order valence-corrected chi connectivity index (χ1v) is 6.50. The van der Waals surface area contributed by atoms with Gasteiger partial charge >= 0.3 is 0 Å². The van der Waals surface area contributed by atoms with E-state index in [2.05, 4.69) is 37.3 Å². The molecule has 0 amide bonds.